The lowest BCUT2D eigenvalue weighted by atomic mass is 10.0. The van der Waals surface area contributed by atoms with E-state index in [1.54, 1.807) is 0 Å². The first-order valence-electron chi connectivity index (χ1n) is 7.17. The highest BCUT2D eigenvalue weighted by Gasteiger charge is 2.09. The number of amides is 2. The van der Waals surface area contributed by atoms with Gasteiger partial charge in [-0.2, -0.15) is 0 Å². The zero-order chi connectivity index (χ0) is 16.7. The third-order valence-electron chi connectivity index (χ3n) is 3.33. The SMILES string of the molecule is COC(=O)CNC(=O)CNC(=O)Cc1cccc2ccccc12. The van der Waals surface area contributed by atoms with Gasteiger partial charge in [0.2, 0.25) is 11.8 Å². The molecule has 0 spiro atoms. The molecule has 0 saturated carbocycles. The van der Waals surface area contributed by atoms with E-state index >= 15 is 0 Å². The topological polar surface area (TPSA) is 84.5 Å². The van der Waals surface area contributed by atoms with E-state index in [0.29, 0.717) is 0 Å². The number of benzene rings is 2. The van der Waals surface area contributed by atoms with Gasteiger partial charge in [0.1, 0.15) is 6.54 Å². The molecule has 0 fully saturated rings. The molecule has 0 aliphatic rings. The Morgan fingerprint density at radius 1 is 0.913 bits per heavy atom. The summed E-state index contributed by atoms with van der Waals surface area (Å²) >= 11 is 0. The minimum atomic E-state index is -0.541. The smallest absolute Gasteiger partial charge is 0.325 e. The Morgan fingerprint density at radius 3 is 2.39 bits per heavy atom. The van der Waals surface area contributed by atoms with Gasteiger partial charge in [0.05, 0.1) is 20.1 Å². The largest absolute Gasteiger partial charge is 0.468 e. The van der Waals surface area contributed by atoms with E-state index in [4.69, 9.17) is 0 Å². The van der Waals surface area contributed by atoms with E-state index in [1.165, 1.54) is 7.11 Å². The van der Waals surface area contributed by atoms with E-state index in [1.807, 2.05) is 42.5 Å². The average Bonchev–Trinajstić information content (AvgIpc) is 2.58. The van der Waals surface area contributed by atoms with E-state index in [2.05, 4.69) is 15.4 Å². The zero-order valence-electron chi connectivity index (χ0n) is 12.8. The van der Waals surface area contributed by atoms with Gasteiger partial charge in [-0.25, -0.2) is 0 Å². The summed E-state index contributed by atoms with van der Waals surface area (Å²) in [6, 6.07) is 13.6. The Balaban J connectivity index is 1.87. The number of ether oxygens (including phenoxy) is 1. The molecule has 0 saturated heterocycles. The van der Waals surface area contributed by atoms with Gasteiger partial charge in [0.25, 0.3) is 0 Å². The maximum Gasteiger partial charge on any atom is 0.325 e. The first-order chi connectivity index (χ1) is 11.1. The molecule has 2 amide bonds. The van der Waals surface area contributed by atoms with Crippen LogP contribution in [0, 0.1) is 0 Å². The van der Waals surface area contributed by atoms with Crippen LogP contribution in [-0.4, -0.2) is 38.0 Å². The monoisotopic (exact) mass is 314 g/mol. The quantitative estimate of drug-likeness (QED) is 0.772. The number of methoxy groups -OCH3 is 1. The fourth-order valence-corrected chi connectivity index (χ4v) is 2.17. The third-order valence-corrected chi connectivity index (χ3v) is 3.33. The molecule has 2 aromatic carbocycles. The van der Waals surface area contributed by atoms with Crippen LogP contribution < -0.4 is 10.6 Å². The van der Waals surface area contributed by atoms with Gasteiger partial charge in [0, 0.05) is 0 Å². The van der Waals surface area contributed by atoms with E-state index < -0.39 is 11.9 Å². The maximum atomic E-state index is 12.0. The molecule has 2 rings (SSSR count). The number of carbonyl (C=O) groups is 3. The summed E-state index contributed by atoms with van der Waals surface area (Å²) < 4.78 is 4.41. The highest BCUT2D eigenvalue weighted by atomic mass is 16.5. The Kier molecular flexibility index (Phi) is 5.68. The molecule has 0 aliphatic heterocycles. The van der Waals surface area contributed by atoms with Crippen molar-refractivity contribution in [1.82, 2.24) is 10.6 Å². The van der Waals surface area contributed by atoms with Crippen molar-refractivity contribution in [1.29, 1.82) is 0 Å². The van der Waals surface area contributed by atoms with E-state index in [0.717, 1.165) is 16.3 Å². The van der Waals surface area contributed by atoms with Crippen molar-refractivity contribution in [2.45, 2.75) is 6.42 Å². The zero-order valence-corrected chi connectivity index (χ0v) is 12.8. The minimum absolute atomic E-state index is 0.180. The normalized spacial score (nSPS) is 10.1. The van der Waals surface area contributed by atoms with Crippen LogP contribution in [0.15, 0.2) is 42.5 Å². The molecule has 0 aromatic heterocycles. The van der Waals surface area contributed by atoms with Crippen molar-refractivity contribution < 1.29 is 19.1 Å². The highest BCUT2D eigenvalue weighted by Crippen LogP contribution is 2.18. The number of rotatable bonds is 6. The molecule has 6 nitrogen and oxygen atoms in total. The molecule has 0 aliphatic carbocycles. The predicted octanol–water partition coefficient (Wildman–Crippen LogP) is 0.788. The van der Waals surface area contributed by atoms with Crippen LogP contribution in [0.2, 0.25) is 0 Å². The predicted molar refractivity (Wildman–Crippen MR) is 85.7 cm³/mol. The second kappa shape index (κ2) is 7.93. The van der Waals surface area contributed by atoms with Crippen molar-refractivity contribution >= 4 is 28.6 Å². The number of nitrogens with one attached hydrogen (secondary N) is 2. The van der Waals surface area contributed by atoms with Crippen LogP contribution in [0.4, 0.5) is 0 Å². The molecule has 120 valence electrons. The van der Waals surface area contributed by atoms with Gasteiger partial charge in [0.15, 0.2) is 0 Å². The first kappa shape index (κ1) is 16.5. The van der Waals surface area contributed by atoms with Crippen LogP contribution >= 0.6 is 0 Å². The molecule has 0 heterocycles. The molecule has 0 unspecified atom stereocenters. The van der Waals surface area contributed by atoms with E-state index in [9.17, 15) is 14.4 Å². The van der Waals surface area contributed by atoms with E-state index in [-0.39, 0.29) is 25.4 Å². The average molecular weight is 314 g/mol. The summed E-state index contributed by atoms with van der Waals surface area (Å²) in [5, 5.41) is 6.97. The van der Waals surface area contributed by atoms with Crippen LogP contribution in [-0.2, 0) is 25.5 Å². The summed E-state index contributed by atoms with van der Waals surface area (Å²) in [5.74, 6) is -1.24. The fraction of sp³-hybridized carbons (Fsp3) is 0.235. The van der Waals surface area contributed by atoms with Crippen molar-refractivity contribution in [3.8, 4) is 0 Å². The molecule has 23 heavy (non-hydrogen) atoms. The van der Waals surface area contributed by atoms with Gasteiger partial charge in [-0.15, -0.1) is 0 Å². The van der Waals surface area contributed by atoms with Crippen molar-refractivity contribution in [2.75, 3.05) is 20.2 Å². The van der Waals surface area contributed by atoms with Crippen molar-refractivity contribution in [3.05, 3.63) is 48.0 Å². The Labute approximate surface area is 133 Å². The Hall–Kier alpha value is -2.89. The molecule has 0 bridgehead atoms. The standard InChI is InChI=1S/C17H18N2O4/c1-23-17(22)11-19-16(21)10-18-15(20)9-13-7-4-6-12-5-2-3-8-14(12)13/h2-8H,9-11H2,1H3,(H,18,20)(H,19,21). The van der Waals surface area contributed by atoms with Gasteiger partial charge in [-0.1, -0.05) is 42.5 Å². The number of fused-ring (bicyclic) bond motifs is 1. The molecule has 0 atom stereocenters. The van der Waals surface area contributed by atoms with Gasteiger partial charge < -0.3 is 15.4 Å². The number of carbonyl (C=O) groups excluding carboxylic acids is 3. The van der Waals surface area contributed by atoms with Crippen LogP contribution in [0.5, 0.6) is 0 Å². The number of hydrogen-bond donors (Lipinski definition) is 2. The molecule has 6 heteroatoms. The summed E-state index contributed by atoms with van der Waals surface area (Å²) in [4.78, 5) is 34.4. The number of esters is 1. The van der Waals surface area contributed by atoms with Crippen molar-refractivity contribution in [2.24, 2.45) is 0 Å². The Bertz CT molecular complexity index is 722. The third kappa shape index (κ3) is 4.81. The van der Waals surface area contributed by atoms with Crippen LogP contribution in [0.1, 0.15) is 5.56 Å². The number of hydrogen-bond acceptors (Lipinski definition) is 4. The lowest BCUT2D eigenvalue weighted by molar-refractivity contribution is -0.141. The summed E-state index contributed by atoms with van der Waals surface area (Å²) in [5.41, 5.74) is 0.899. The molecule has 0 radical (unpaired) electrons. The lowest BCUT2D eigenvalue weighted by Crippen LogP contribution is -2.39. The summed E-state index contributed by atoms with van der Waals surface area (Å²) in [6.07, 6.45) is 0.186. The van der Waals surface area contributed by atoms with Crippen molar-refractivity contribution in [3.63, 3.8) is 0 Å². The lowest BCUT2D eigenvalue weighted by Gasteiger charge is -2.08. The summed E-state index contributed by atoms with van der Waals surface area (Å²) in [7, 11) is 1.24. The maximum absolute atomic E-state index is 12.0. The highest BCUT2D eigenvalue weighted by molar-refractivity contribution is 5.92. The van der Waals surface area contributed by atoms with Crippen LogP contribution in [0.3, 0.4) is 0 Å². The fourth-order valence-electron chi connectivity index (χ4n) is 2.17. The van der Waals surface area contributed by atoms with Gasteiger partial charge >= 0.3 is 5.97 Å². The Morgan fingerprint density at radius 2 is 1.61 bits per heavy atom. The molecular formula is C17H18N2O4. The second-order valence-electron chi connectivity index (χ2n) is 4.94. The minimum Gasteiger partial charge on any atom is -0.468 e. The second-order valence-corrected chi connectivity index (χ2v) is 4.94. The molecule has 2 N–H and O–H groups in total. The summed E-state index contributed by atoms with van der Waals surface area (Å²) in [6.45, 7) is -0.394. The first-order valence-corrected chi connectivity index (χ1v) is 7.17. The van der Waals surface area contributed by atoms with Gasteiger partial charge in [-0.05, 0) is 16.3 Å². The molecule has 2 aromatic rings. The van der Waals surface area contributed by atoms with Crippen LogP contribution in [0.25, 0.3) is 10.8 Å². The molecular weight excluding hydrogens is 296 g/mol. The van der Waals surface area contributed by atoms with Gasteiger partial charge in [-0.3, -0.25) is 14.4 Å².